The lowest BCUT2D eigenvalue weighted by molar-refractivity contribution is 0.271. The predicted octanol–water partition coefficient (Wildman–Crippen LogP) is 0.530. The molecule has 1 N–H and O–H groups in total. The van der Waals surface area contributed by atoms with Crippen LogP contribution in [0.3, 0.4) is 0 Å². The van der Waals surface area contributed by atoms with Crippen molar-refractivity contribution in [2.75, 3.05) is 0 Å². The van der Waals surface area contributed by atoms with E-state index in [4.69, 9.17) is 5.11 Å². The smallest absolute Gasteiger partial charge is 0.177 e. The molecule has 0 atom stereocenters. The topological polar surface area (TPSA) is 50.4 Å². The largest absolute Gasteiger partial charge is 0.388 e. The van der Waals surface area contributed by atoms with Gasteiger partial charge in [0.15, 0.2) is 11.5 Å². The minimum Gasteiger partial charge on any atom is -0.388 e. The van der Waals surface area contributed by atoms with Crippen LogP contribution in [0, 0.1) is 6.92 Å². The number of nitrogens with zero attached hydrogens (tertiary/aromatic N) is 3. The van der Waals surface area contributed by atoms with Gasteiger partial charge in [-0.05, 0) is 18.6 Å². The van der Waals surface area contributed by atoms with Gasteiger partial charge in [-0.25, -0.2) is 9.50 Å². The second-order valence-electron chi connectivity index (χ2n) is 2.65. The highest BCUT2D eigenvalue weighted by atomic mass is 16.3. The Kier molecular flexibility index (Phi) is 1.55. The number of fused-ring (bicyclic) bond motifs is 1. The minimum atomic E-state index is -0.110. The Balaban J connectivity index is 2.74. The predicted molar refractivity (Wildman–Crippen MR) is 43.6 cm³/mol. The summed E-state index contributed by atoms with van der Waals surface area (Å²) in [5.74, 6) is 0.462. The Morgan fingerprint density at radius 1 is 1.58 bits per heavy atom. The summed E-state index contributed by atoms with van der Waals surface area (Å²) in [7, 11) is 0. The first-order valence-corrected chi connectivity index (χ1v) is 3.73. The maximum Gasteiger partial charge on any atom is 0.177 e. The van der Waals surface area contributed by atoms with Crippen molar-refractivity contribution < 1.29 is 5.11 Å². The molecular formula is C8H9N3O. The van der Waals surface area contributed by atoms with E-state index in [0.29, 0.717) is 5.82 Å². The molecule has 0 spiro atoms. The van der Waals surface area contributed by atoms with Crippen LogP contribution in [0.4, 0.5) is 0 Å². The molecule has 0 aliphatic rings. The van der Waals surface area contributed by atoms with Gasteiger partial charge in [-0.3, -0.25) is 0 Å². The van der Waals surface area contributed by atoms with Crippen LogP contribution in [0.1, 0.15) is 11.4 Å². The summed E-state index contributed by atoms with van der Waals surface area (Å²) in [5.41, 5.74) is 1.87. The van der Waals surface area contributed by atoms with E-state index in [0.717, 1.165) is 11.2 Å². The molecule has 0 saturated carbocycles. The van der Waals surface area contributed by atoms with Crippen molar-refractivity contribution in [3.63, 3.8) is 0 Å². The zero-order valence-corrected chi connectivity index (χ0v) is 6.73. The molecule has 0 bridgehead atoms. The number of hydrogen-bond acceptors (Lipinski definition) is 3. The first-order valence-electron chi connectivity index (χ1n) is 3.73. The fourth-order valence-electron chi connectivity index (χ4n) is 1.15. The molecule has 0 aromatic carbocycles. The van der Waals surface area contributed by atoms with Crippen molar-refractivity contribution in [2.24, 2.45) is 0 Å². The maximum absolute atomic E-state index is 8.79. The third-order valence-corrected chi connectivity index (χ3v) is 1.74. The molecule has 2 heterocycles. The SMILES string of the molecule is Cc1cccn2nc(CO)nc12. The highest BCUT2D eigenvalue weighted by molar-refractivity contribution is 5.45. The average molecular weight is 163 g/mol. The molecule has 4 nitrogen and oxygen atoms in total. The molecule has 0 radical (unpaired) electrons. The van der Waals surface area contributed by atoms with Gasteiger partial charge in [0, 0.05) is 6.20 Å². The molecular weight excluding hydrogens is 154 g/mol. The first-order chi connectivity index (χ1) is 5.81. The summed E-state index contributed by atoms with van der Waals surface area (Å²) < 4.78 is 1.67. The number of hydrogen-bond donors (Lipinski definition) is 1. The standard InChI is InChI=1S/C8H9N3O/c1-6-3-2-4-11-8(6)9-7(5-12)10-11/h2-4,12H,5H2,1H3. The van der Waals surface area contributed by atoms with Crippen LogP contribution in [-0.4, -0.2) is 19.7 Å². The molecule has 0 fully saturated rings. The molecule has 2 rings (SSSR count). The van der Waals surface area contributed by atoms with Gasteiger partial charge >= 0.3 is 0 Å². The summed E-state index contributed by atoms with van der Waals surface area (Å²) in [4.78, 5) is 4.13. The lowest BCUT2D eigenvalue weighted by Gasteiger charge is -1.92. The Morgan fingerprint density at radius 3 is 3.08 bits per heavy atom. The second kappa shape index (κ2) is 2.57. The molecule has 2 aromatic rings. The minimum absolute atomic E-state index is 0.110. The van der Waals surface area contributed by atoms with Gasteiger partial charge < -0.3 is 5.11 Å². The van der Waals surface area contributed by atoms with E-state index in [1.54, 1.807) is 4.52 Å². The Labute approximate surface area is 69.5 Å². The third-order valence-electron chi connectivity index (χ3n) is 1.74. The van der Waals surface area contributed by atoms with Crippen LogP contribution in [0.5, 0.6) is 0 Å². The summed E-state index contributed by atoms with van der Waals surface area (Å²) in [6.07, 6.45) is 1.81. The first kappa shape index (κ1) is 7.24. The van der Waals surface area contributed by atoms with Gasteiger partial charge in [0.05, 0.1) is 0 Å². The van der Waals surface area contributed by atoms with Crippen LogP contribution in [0.25, 0.3) is 5.65 Å². The number of aliphatic hydroxyl groups is 1. The molecule has 0 saturated heterocycles. The average Bonchev–Trinajstić information content (AvgIpc) is 2.49. The van der Waals surface area contributed by atoms with Crippen molar-refractivity contribution in [2.45, 2.75) is 13.5 Å². The van der Waals surface area contributed by atoms with Crippen molar-refractivity contribution in [1.29, 1.82) is 0 Å². The number of pyridine rings is 1. The maximum atomic E-state index is 8.79. The van der Waals surface area contributed by atoms with E-state index < -0.39 is 0 Å². The highest BCUT2D eigenvalue weighted by Gasteiger charge is 2.02. The number of rotatable bonds is 1. The van der Waals surface area contributed by atoms with Crippen molar-refractivity contribution in [3.8, 4) is 0 Å². The molecule has 0 amide bonds. The van der Waals surface area contributed by atoms with Gasteiger partial charge in [-0.2, -0.15) is 0 Å². The van der Waals surface area contributed by atoms with Gasteiger partial charge in [-0.1, -0.05) is 6.07 Å². The van der Waals surface area contributed by atoms with E-state index in [9.17, 15) is 0 Å². The Morgan fingerprint density at radius 2 is 2.42 bits per heavy atom. The van der Waals surface area contributed by atoms with E-state index in [1.165, 1.54) is 0 Å². The van der Waals surface area contributed by atoms with Crippen LogP contribution in [-0.2, 0) is 6.61 Å². The summed E-state index contributed by atoms with van der Waals surface area (Å²) in [6.45, 7) is 1.85. The van der Waals surface area contributed by atoms with Gasteiger partial charge in [0.2, 0.25) is 0 Å². The number of aliphatic hydroxyl groups excluding tert-OH is 1. The summed E-state index contributed by atoms with van der Waals surface area (Å²) in [5, 5.41) is 12.8. The van der Waals surface area contributed by atoms with Crippen molar-refractivity contribution >= 4 is 5.65 Å². The quantitative estimate of drug-likeness (QED) is 0.667. The van der Waals surface area contributed by atoms with Gasteiger partial charge in [0.1, 0.15) is 6.61 Å². The normalized spacial score (nSPS) is 10.8. The Bertz CT molecular complexity index is 408. The third kappa shape index (κ3) is 0.967. The molecule has 0 aliphatic carbocycles. The second-order valence-corrected chi connectivity index (χ2v) is 2.65. The fraction of sp³-hybridized carbons (Fsp3) is 0.250. The van der Waals surface area contributed by atoms with E-state index >= 15 is 0 Å². The fourth-order valence-corrected chi connectivity index (χ4v) is 1.15. The van der Waals surface area contributed by atoms with Gasteiger partial charge in [-0.15, -0.1) is 5.10 Å². The summed E-state index contributed by atoms with van der Waals surface area (Å²) in [6, 6.07) is 3.86. The number of aromatic nitrogens is 3. The zero-order valence-electron chi connectivity index (χ0n) is 6.73. The van der Waals surface area contributed by atoms with Crippen molar-refractivity contribution in [1.82, 2.24) is 14.6 Å². The van der Waals surface area contributed by atoms with Crippen LogP contribution < -0.4 is 0 Å². The molecule has 2 aromatic heterocycles. The number of aryl methyl sites for hydroxylation is 1. The van der Waals surface area contributed by atoms with E-state index in [1.807, 2.05) is 25.3 Å². The van der Waals surface area contributed by atoms with E-state index in [2.05, 4.69) is 10.1 Å². The van der Waals surface area contributed by atoms with Crippen LogP contribution in [0.2, 0.25) is 0 Å². The molecule has 12 heavy (non-hydrogen) atoms. The monoisotopic (exact) mass is 163 g/mol. The van der Waals surface area contributed by atoms with Gasteiger partial charge in [0.25, 0.3) is 0 Å². The molecule has 0 aliphatic heterocycles. The van der Waals surface area contributed by atoms with Crippen LogP contribution >= 0.6 is 0 Å². The van der Waals surface area contributed by atoms with E-state index in [-0.39, 0.29) is 6.61 Å². The summed E-state index contributed by atoms with van der Waals surface area (Å²) >= 11 is 0. The Hall–Kier alpha value is -1.42. The molecule has 4 heteroatoms. The van der Waals surface area contributed by atoms with Crippen molar-refractivity contribution in [3.05, 3.63) is 29.7 Å². The molecule has 62 valence electrons. The molecule has 0 unspecified atom stereocenters. The van der Waals surface area contributed by atoms with Crippen LogP contribution in [0.15, 0.2) is 18.3 Å². The highest BCUT2D eigenvalue weighted by Crippen LogP contribution is 2.06. The lowest BCUT2D eigenvalue weighted by atomic mass is 10.3. The zero-order chi connectivity index (χ0) is 8.55. The lowest BCUT2D eigenvalue weighted by Crippen LogP contribution is -1.88.